The second kappa shape index (κ2) is 7.03. The summed E-state index contributed by atoms with van der Waals surface area (Å²) in [6, 6.07) is 3.78. The molecule has 0 fully saturated rings. The number of carbonyl (C=O) groups excluding carboxylic acids is 2. The van der Waals surface area contributed by atoms with E-state index in [1.165, 1.54) is 30.1 Å². The number of halogens is 1. The number of carbonyl (C=O) groups is 2. The van der Waals surface area contributed by atoms with Crippen LogP contribution in [0.15, 0.2) is 18.2 Å². The third kappa shape index (κ3) is 4.16. The van der Waals surface area contributed by atoms with Gasteiger partial charge in [-0.1, -0.05) is 18.5 Å². The lowest BCUT2D eigenvalue weighted by atomic mass is 10.1. The predicted molar refractivity (Wildman–Crippen MR) is 78.3 cm³/mol. The topological polar surface area (TPSA) is 92.6 Å². The Labute approximate surface area is 127 Å². The van der Waals surface area contributed by atoms with Gasteiger partial charge in [-0.05, 0) is 12.1 Å². The fraction of sp³-hybridized carbons (Fsp3) is 0.385. The van der Waals surface area contributed by atoms with Crippen molar-refractivity contribution in [2.45, 2.75) is 6.92 Å². The zero-order valence-corrected chi connectivity index (χ0v) is 12.7. The normalized spacial score (nSPS) is 11.6. The van der Waals surface area contributed by atoms with E-state index in [1.54, 1.807) is 14.0 Å². The Hall–Kier alpha value is -2.15. The van der Waals surface area contributed by atoms with E-state index in [0.717, 1.165) is 0 Å². The zero-order chi connectivity index (χ0) is 16.2. The lowest BCUT2D eigenvalue weighted by Crippen LogP contribution is -2.37. The van der Waals surface area contributed by atoms with Crippen molar-refractivity contribution in [1.29, 1.82) is 0 Å². The van der Waals surface area contributed by atoms with Crippen molar-refractivity contribution in [3.8, 4) is 0 Å². The van der Waals surface area contributed by atoms with Gasteiger partial charge in [0.15, 0.2) is 0 Å². The standard InChI is InChI=1S/C13H16ClN3O4/c1-8(12(18)15-2)7-16(3)13(19)9-4-5-11(17(20)21)10(14)6-9/h4-6,8H,7H2,1-3H3,(H,15,18). The van der Waals surface area contributed by atoms with E-state index in [0.29, 0.717) is 0 Å². The molecule has 0 aliphatic carbocycles. The highest BCUT2D eigenvalue weighted by atomic mass is 35.5. The first-order chi connectivity index (χ1) is 9.77. The minimum absolute atomic E-state index is 0.0985. The van der Waals surface area contributed by atoms with Gasteiger partial charge in [0.05, 0.1) is 10.8 Å². The van der Waals surface area contributed by atoms with Gasteiger partial charge in [-0.3, -0.25) is 19.7 Å². The number of nitro benzene ring substituents is 1. The average molecular weight is 314 g/mol. The zero-order valence-electron chi connectivity index (χ0n) is 11.9. The molecule has 0 heterocycles. The van der Waals surface area contributed by atoms with Gasteiger partial charge in [0, 0.05) is 32.3 Å². The van der Waals surface area contributed by atoms with Gasteiger partial charge in [-0.2, -0.15) is 0 Å². The average Bonchev–Trinajstić information content (AvgIpc) is 2.44. The lowest BCUT2D eigenvalue weighted by molar-refractivity contribution is -0.384. The molecule has 1 N–H and O–H groups in total. The third-order valence-corrected chi connectivity index (χ3v) is 3.28. The molecule has 1 atom stereocenters. The molecule has 0 aliphatic heterocycles. The third-order valence-electron chi connectivity index (χ3n) is 2.98. The number of nitrogens with one attached hydrogen (secondary N) is 1. The number of hydrogen-bond acceptors (Lipinski definition) is 4. The SMILES string of the molecule is CNC(=O)C(C)CN(C)C(=O)c1ccc([N+](=O)[O-])c(Cl)c1. The van der Waals surface area contributed by atoms with Crippen LogP contribution in [0, 0.1) is 16.0 Å². The number of hydrogen-bond donors (Lipinski definition) is 1. The molecule has 1 aromatic rings. The molecule has 0 saturated carbocycles. The maximum Gasteiger partial charge on any atom is 0.287 e. The Kier molecular flexibility index (Phi) is 5.66. The molecular weight excluding hydrogens is 298 g/mol. The first-order valence-electron chi connectivity index (χ1n) is 6.19. The van der Waals surface area contributed by atoms with Crippen LogP contribution in [0.1, 0.15) is 17.3 Å². The highest BCUT2D eigenvalue weighted by Crippen LogP contribution is 2.25. The van der Waals surface area contributed by atoms with E-state index in [2.05, 4.69) is 5.32 Å². The number of nitrogens with zero attached hydrogens (tertiary/aromatic N) is 2. The van der Waals surface area contributed by atoms with Crippen LogP contribution in [0.4, 0.5) is 5.69 Å². The molecule has 7 nitrogen and oxygen atoms in total. The van der Waals surface area contributed by atoms with Crippen LogP contribution in [-0.2, 0) is 4.79 Å². The summed E-state index contributed by atoms with van der Waals surface area (Å²) in [5, 5.41) is 13.1. The van der Waals surface area contributed by atoms with Gasteiger partial charge in [0.25, 0.3) is 11.6 Å². The second-order valence-corrected chi connectivity index (χ2v) is 5.03. The Balaban J connectivity index is 2.86. The van der Waals surface area contributed by atoms with E-state index in [9.17, 15) is 19.7 Å². The smallest absolute Gasteiger partial charge is 0.287 e. The number of nitro groups is 1. The molecular formula is C13H16ClN3O4. The van der Waals surface area contributed by atoms with Crippen molar-refractivity contribution >= 4 is 29.1 Å². The van der Waals surface area contributed by atoms with Crippen LogP contribution in [0.25, 0.3) is 0 Å². The van der Waals surface area contributed by atoms with Crippen LogP contribution in [0.3, 0.4) is 0 Å². The van der Waals surface area contributed by atoms with Crippen molar-refractivity contribution < 1.29 is 14.5 Å². The van der Waals surface area contributed by atoms with Gasteiger partial charge < -0.3 is 10.2 Å². The second-order valence-electron chi connectivity index (χ2n) is 4.62. The molecule has 114 valence electrons. The highest BCUT2D eigenvalue weighted by molar-refractivity contribution is 6.33. The van der Waals surface area contributed by atoms with Crippen molar-refractivity contribution in [2.75, 3.05) is 20.6 Å². The first kappa shape index (κ1) is 16.9. The summed E-state index contributed by atoms with van der Waals surface area (Å²) in [5.41, 5.74) is -0.0215. The number of amides is 2. The van der Waals surface area contributed by atoms with Crippen LogP contribution >= 0.6 is 11.6 Å². The van der Waals surface area contributed by atoms with Crippen molar-refractivity contribution in [3.05, 3.63) is 38.9 Å². The van der Waals surface area contributed by atoms with E-state index >= 15 is 0 Å². The van der Waals surface area contributed by atoms with E-state index in [1.807, 2.05) is 0 Å². The largest absolute Gasteiger partial charge is 0.359 e. The summed E-state index contributed by atoms with van der Waals surface area (Å²) in [4.78, 5) is 35.1. The minimum Gasteiger partial charge on any atom is -0.359 e. The summed E-state index contributed by atoms with van der Waals surface area (Å²) >= 11 is 5.78. The number of rotatable bonds is 5. The molecule has 21 heavy (non-hydrogen) atoms. The highest BCUT2D eigenvalue weighted by Gasteiger charge is 2.20. The van der Waals surface area contributed by atoms with E-state index in [4.69, 9.17) is 11.6 Å². The van der Waals surface area contributed by atoms with Gasteiger partial charge in [0.1, 0.15) is 5.02 Å². The first-order valence-corrected chi connectivity index (χ1v) is 6.56. The molecule has 1 aromatic carbocycles. The molecule has 0 saturated heterocycles. The predicted octanol–water partition coefficient (Wildman–Crippen LogP) is 1.70. The Morgan fingerprint density at radius 2 is 2.10 bits per heavy atom. The maximum absolute atomic E-state index is 12.2. The molecule has 0 spiro atoms. The Bertz CT molecular complexity index is 577. The molecule has 0 aliphatic rings. The Morgan fingerprint density at radius 1 is 1.48 bits per heavy atom. The lowest BCUT2D eigenvalue weighted by Gasteiger charge is -2.20. The van der Waals surface area contributed by atoms with Crippen LogP contribution in [-0.4, -0.2) is 42.3 Å². The van der Waals surface area contributed by atoms with Crippen molar-refractivity contribution in [2.24, 2.45) is 5.92 Å². The van der Waals surface area contributed by atoms with Gasteiger partial charge in [0.2, 0.25) is 5.91 Å². The molecule has 2 amide bonds. The summed E-state index contributed by atoms with van der Waals surface area (Å²) in [5.74, 6) is -0.892. The van der Waals surface area contributed by atoms with Crippen molar-refractivity contribution in [3.63, 3.8) is 0 Å². The Morgan fingerprint density at radius 3 is 2.57 bits per heavy atom. The van der Waals surface area contributed by atoms with Crippen LogP contribution in [0.2, 0.25) is 5.02 Å². The summed E-state index contributed by atoms with van der Waals surface area (Å²) in [6.45, 7) is 1.93. The fourth-order valence-electron chi connectivity index (χ4n) is 1.83. The maximum atomic E-state index is 12.2. The van der Waals surface area contributed by atoms with Gasteiger partial charge in [-0.25, -0.2) is 0 Å². The van der Waals surface area contributed by atoms with Crippen molar-refractivity contribution in [1.82, 2.24) is 10.2 Å². The summed E-state index contributed by atoms with van der Waals surface area (Å²) < 4.78 is 0. The summed E-state index contributed by atoms with van der Waals surface area (Å²) in [6.07, 6.45) is 0. The summed E-state index contributed by atoms with van der Waals surface area (Å²) in [7, 11) is 3.08. The molecule has 1 rings (SSSR count). The molecule has 8 heteroatoms. The molecule has 0 bridgehead atoms. The van der Waals surface area contributed by atoms with Gasteiger partial charge in [-0.15, -0.1) is 0 Å². The van der Waals surface area contributed by atoms with Gasteiger partial charge >= 0.3 is 0 Å². The molecule has 1 unspecified atom stereocenters. The monoisotopic (exact) mass is 313 g/mol. The van der Waals surface area contributed by atoms with Crippen LogP contribution < -0.4 is 5.32 Å². The fourth-order valence-corrected chi connectivity index (χ4v) is 2.08. The minimum atomic E-state index is -0.617. The molecule has 0 radical (unpaired) electrons. The van der Waals surface area contributed by atoms with Crippen LogP contribution in [0.5, 0.6) is 0 Å². The van der Waals surface area contributed by atoms with E-state index < -0.39 is 4.92 Å². The number of benzene rings is 1. The quantitative estimate of drug-likeness (QED) is 0.661. The molecule has 0 aromatic heterocycles. The van der Waals surface area contributed by atoms with E-state index in [-0.39, 0.29) is 40.6 Å².